The lowest BCUT2D eigenvalue weighted by molar-refractivity contribution is 0.0729. The third-order valence-corrected chi connectivity index (χ3v) is 7.55. The van der Waals surface area contributed by atoms with Crippen molar-refractivity contribution in [3.63, 3.8) is 0 Å². The van der Waals surface area contributed by atoms with Gasteiger partial charge in [0.15, 0.2) is 0 Å². The van der Waals surface area contributed by atoms with Crippen molar-refractivity contribution in [1.29, 1.82) is 0 Å². The number of ether oxygens (including phenoxy) is 3. The average Bonchev–Trinajstić information content (AvgIpc) is 3.37. The van der Waals surface area contributed by atoms with E-state index < -0.39 is 10.0 Å². The molecule has 9 nitrogen and oxygen atoms in total. The van der Waals surface area contributed by atoms with Crippen LogP contribution in [0, 0.1) is 0 Å². The van der Waals surface area contributed by atoms with E-state index in [1.807, 2.05) is 5.38 Å². The maximum atomic E-state index is 13.1. The number of nitrogens with zero attached hydrogens (tertiary/aromatic N) is 2. The van der Waals surface area contributed by atoms with Crippen molar-refractivity contribution >= 4 is 33.0 Å². The maximum Gasteiger partial charge on any atom is 0.255 e. The number of hydrogen-bond acceptors (Lipinski definition) is 8. The first kappa shape index (κ1) is 23.2. The Labute approximate surface area is 196 Å². The molecule has 1 aromatic heterocycles. The summed E-state index contributed by atoms with van der Waals surface area (Å²) in [7, 11) is -2.40. The SMILES string of the molecule is COc1ccc(NC(=O)c2ccc(OCc3cscn3)cc2)cc1S(=O)(=O)N1CCOCC1. The summed E-state index contributed by atoms with van der Waals surface area (Å²) in [5.41, 5.74) is 3.33. The molecule has 11 heteroatoms. The Hall–Kier alpha value is -2.99. The summed E-state index contributed by atoms with van der Waals surface area (Å²) in [6, 6.07) is 11.2. The van der Waals surface area contributed by atoms with Gasteiger partial charge in [0.05, 0.1) is 31.5 Å². The van der Waals surface area contributed by atoms with Crippen LogP contribution >= 0.6 is 11.3 Å². The predicted molar refractivity (Wildman–Crippen MR) is 123 cm³/mol. The molecule has 1 aliphatic rings. The topological polar surface area (TPSA) is 107 Å². The minimum Gasteiger partial charge on any atom is -0.495 e. The van der Waals surface area contributed by atoms with Crippen LogP contribution in [0.4, 0.5) is 5.69 Å². The largest absolute Gasteiger partial charge is 0.495 e. The number of amides is 1. The zero-order valence-corrected chi connectivity index (χ0v) is 19.5. The monoisotopic (exact) mass is 489 g/mol. The lowest BCUT2D eigenvalue weighted by Gasteiger charge is -2.26. The normalized spacial score (nSPS) is 14.6. The first-order chi connectivity index (χ1) is 16.0. The summed E-state index contributed by atoms with van der Waals surface area (Å²) in [5, 5.41) is 4.65. The van der Waals surface area contributed by atoms with Gasteiger partial charge in [0.1, 0.15) is 23.0 Å². The van der Waals surface area contributed by atoms with E-state index in [1.54, 1.807) is 35.8 Å². The van der Waals surface area contributed by atoms with E-state index in [4.69, 9.17) is 14.2 Å². The number of methoxy groups -OCH3 is 1. The molecule has 3 aromatic rings. The molecule has 0 spiro atoms. The van der Waals surface area contributed by atoms with Gasteiger partial charge in [-0.1, -0.05) is 0 Å². The molecule has 0 radical (unpaired) electrons. The fraction of sp³-hybridized carbons (Fsp3) is 0.273. The number of carbonyl (C=O) groups is 1. The zero-order chi connectivity index (χ0) is 23.3. The van der Waals surface area contributed by atoms with Crippen molar-refractivity contribution in [3.05, 3.63) is 64.6 Å². The van der Waals surface area contributed by atoms with Crippen LogP contribution in [-0.2, 0) is 21.4 Å². The fourth-order valence-corrected chi connectivity index (χ4v) is 5.39. The molecular weight excluding hydrogens is 466 g/mol. The van der Waals surface area contributed by atoms with Gasteiger partial charge in [-0.25, -0.2) is 13.4 Å². The van der Waals surface area contributed by atoms with Crippen LogP contribution in [0.25, 0.3) is 0 Å². The molecule has 1 fully saturated rings. The minimum atomic E-state index is -3.80. The highest BCUT2D eigenvalue weighted by molar-refractivity contribution is 7.89. The Kier molecular flexibility index (Phi) is 7.23. The van der Waals surface area contributed by atoms with Crippen LogP contribution in [0.5, 0.6) is 11.5 Å². The van der Waals surface area contributed by atoms with Gasteiger partial charge in [0, 0.05) is 29.7 Å². The second-order valence-electron chi connectivity index (χ2n) is 7.13. The van der Waals surface area contributed by atoms with E-state index >= 15 is 0 Å². The Morgan fingerprint density at radius 2 is 1.94 bits per heavy atom. The number of sulfonamides is 1. The van der Waals surface area contributed by atoms with Gasteiger partial charge in [-0.2, -0.15) is 4.31 Å². The first-order valence-electron chi connectivity index (χ1n) is 10.1. The number of aromatic nitrogens is 1. The molecule has 2 heterocycles. The molecule has 1 N–H and O–H groups in total. The minimum absolute atomic E-state index is 0.00418. The standard InChI is InChI=1S/C22H23N3O6S2/c1-29-20-7-4-17(12-21(20)33(27,28)25-8-10-30-11-9-25)24-22(26)16-2-5-19(6-3-16)31-13-18-14-32-15-23-18/h2-7,12,14-15H,8-11,13H2,1H3,(H,24,26). The summed E-state index contributed by atoms with van der Waals surface area (Å²) in [6.45, 7) is 1.54. The molecule has 0 unspecified atom stereocenters. The van der Waals surface area contributed by atoms with Crippen LogP contribution in [0.3, 0.4) is 0 Å². The van der Waals surface area contributed by atoms with E-state index in [0.29, 0.717) is 36.8 Å². The summed E-state index contributed by atoms with van der Waals surface area (Å²) in [5.74, 6) is 0.449. The number of thiazole rings is 1. The molecule has 33 heavy (non-hydrogen) atoms. The smallest absolute Gasteiger partial charge is 0.255 e. The van der Waals surface area contributed by atoms with E-state index in [9.17, 15) is 13.2 Å². The molecule has 4 rings (SSSR count). The number of hydrogen-bond donors (Lipinski definition) is 1. The molecule has 1 saturated heterocycles. The fourth-order valence-electron chi connectivity index (χ4n) is 3.25. The number of benzene rings is 2. The highest BCUT2D eigenvalue weighted by Crippen LogP contribution is 2.30. The zero-order valence-electron chi connectivity index (χ0n) is 17.9. The van der Waals surface area contributed by atoms with Crippen molar-refractivity contribution in [2.75, 3.05) is 38.7 Å². The van der Waals surface area contributed by atoms with Crippen LogP contribution in [-0.4, -0.2) is 57.0 Å². The summed E-state index contributed by atoms with van der Waals surface area (Å²) in [6.07, 6.45) is 0. The van der Waals surface area contributed by atoms with Crippen LogP contribution in [0.1, 0.15) is 16.1 Å². The number of morpholine rings is 1. The molecule has 174 valence electrons. The number of nitrogens with one attached hydrogen (secondary N) is 1. The highest BCUT2D eigenvalue weighted by atomic mass is 32.2. The van der Waals surface area contributed by atoms with Crippen molar-refractivity contribution < 1.29 is 27.4 Å². The van der Waals surface area contributed by atoms with Gasteiger partial charge in [0.2, 0.25) is 10.0 Å². The van der Waals surface area contributed by atoms with Crippen molar-refractivity contribution in [1.82, 2.24) is 9.29 Å². The summed E-state index contributed by atoms with van der Waals surface area (Å²) in [4.78, 5) is 16.9. The predicted octanol–water partition coefficient (Wildman–Crippen LogP) is 3.00. The number of rotatable bonds is 8. The molecule has 1 aliphatic heterocycles. The van der Waals surface area contributed by atoms with E-state index in [-0.39, 0.29) is 29.6 Å². The van der Waals surface area contributed by atoms with Crippen LogP contribution in [0.2, 0.25) is 0 Å². The second kappa shape index (κ2) is 10.3. The van der Waals surface area contributed by atoms with Gasteiger partial charge in [-0.3, -0.25) is 4.79 Å². The third kappa shape index (κ3) is 5.50. The van der Waals surface area contributed by atoms with E-state index in [1.165, 1.54) is 34.9 Å². The summed E-state index contributed by atoms with van der Waals surface area (Å²) >= 11 is 1.50. The van der Waals surface area contributed by atoms with Gasteiger partial charge in [0.25, 0.3) is 5.91 Å². The lowest BCUT2D eigenvalue weighted by atomic mass is 10.2. The van der Waals surface area contributed by atoms with Gasteiger partial charge in [-0.15, -0.1) is 11.3 Å². The molecule has 1 amide bonds. The van der Waals surface area contributed by atoms with Gasteiger partial charge >= 0.3 is 0 Å². The molecule has 0 aliphatic carbocycles. The number of carbonyl (C=O) groups excluding carboxylic acids is 1. The highest BCUT2D eigenvalue weighted by Gasteiger charge is 2.29. The Balaban J connectivity index is 1.47. The molecule has 0 atom stereocenters. The number of anilines is 1. The Morgan fingerprint density at radius 3 is 2.61 bits per heavy atom. The van der Waals surface area contributed by atoms with Crippen LogP contribution < -0.4 is 14.8 Å². The quantitative estimate of drug-likeness (QED) is 0.518. The van der Waals surface area contributed by atoms with Gasteiger partial charge in [-0.05, 0) is 42.5 Å². The van der Waals surface area contributed by atoms with Crippen molar-refractivity contribution in [2.24, 2.45) is 0 Å². The Morgan fingerprint density at radius 1 is 1.18 bits per heavy atom. The molecular formula is C22H23N3O6S2. The summed E-state index contributed by atoms with van der Waals surface area (Å²) < 4.78 is 43.8. The molecule has 2 aromatic carbocycles. The van der Waals surface area contributed by atoms with E-state index in [0.717, 1.165) is 5.69 Å². The molecule has 0 bridgehead atoms. The van der Waals surface area contributed by atoms with Crippen molar-refractivity contribution in [2.45, 2.75) is 11.5 Å². The molecule has 0 saturated carbocycles. The Bertz CT molecular complexity index is 1190. The van der Waals surface area contributed by atoms with Gasteiger partial charge < -0.3 is 19.5 Å². The first-order valence-corrected chi connectivity index (χ1v) is 12.5. The lowest BCUT2D eigenvalue weighted by Crippen LogP contribution is -2.40. The van der Waals surface area contributed by atoms with E-state index in [2.05, 4.69) is 10.3 Å². The average molecular weight is 490 g/mol. The second-order valence-corrected chi connectivity index (χ2v) is 9.75. The van der Waals surface area contributed by atoms with Crippen molar-refractivity contribution in [3.8, 4) is 11.5 Å². The maximum absolute atomic E-state index is 13.1. The third-order valence-electron chi connectivity index (χ3n) is 5.00. The van der Waals surface area contributed by atoms with Crippen LogP contribution in [0.15, 0.2) is 58.3 Å².